The number of guanidine groups is 1. The lowest BCUT2D eigenvalue weighted by molar-refractivity contribution is 0.580. The zero-order chi connectivity index (χ0) is 17.6. The smallest absolute Gasteiger partial charge is 0.191 e. The summed E-state index contributed by atoms with van der Waals surface area (Å²) in [6.07, 6.45) is 1.83. The zero-order valence-corrected chi connectivity index (χ0v) is 15.0. The molecule has 4 nitrogen and oxygen atoms in total. The molecule has 0 bridgehead atoms. The molecule has 1 saturated heterocycles. The highest BCUT2D eigenvalue weighted by Crippen LogP contribution is 2.24. The van der Waals surface area contributed by atoms with Gasteiger partial charge >= 0.3 is 0 Å². The van der Waals surface area contributed by atoms with Gasteiger partial charge in [-0.25, -0.2) is 8.78 Å². The van der Waals surface area contributed by atoms with E-state index in [0.717, 1.165) is 38.0 Å². The van der Waals surface area contributed by atoms with Crippen LogP contribution in [0.15, 0.2) is 40.7 Å². The van der Waals surface area contributed by atoms with Gasteiger partial charge in [0.25, 0.3) is 0 Å². The standard InChI is InChI=1S/C18H22F2N4S/c1-21-18(22-8-6-15-3-2-10-25-15)23-14-7-9-24(12-14)17-5-4-13(19)11-16(17)20/h2-5,10-11,14H,6-9,12H2,1H3,(H2,21,22,23). The number of rotatable bonds is 5. The second kappa shape index (κ2) is 8.29. The van der Waals surface area contributed by atoms with E-state index in [1.165, 1.54) is 17.0 Å². The van der Waals surface area contributed by atoms with Crippen LogP contribution in [0.5, 0.6) is 0 Å². The SMILES string of the molecule is CN=C(NCCc1cccs1)NC1CCN(c2ccc(F)cc2F)C1. The Bertz CT molecular complexity index is 718. The maximum absolute atomic E-state index is 13.9. The van der Waals surface area contributed by atoms with Crippen molar-refractivity contribution in [3.8, 4) is 0 Å². The molecule has 0 aliphatic carbocycles. The van der Waals surface area contributed by atoms with Gasteiger partial charge in [0.2, 0.25) is 0 Å². The van der Waals surface area contributed by atoms with Crippen molar-refractivity contribution in [3.05, 3.63) is 52.2 Å². The highest BCUT2D eigenvalue weighted by atomic mass is 32.1. The molecular weight excluding hydrogens is 342 g/mol. The maximum atomic E-state index is 13.9. The summed E-state index contributed by atoms with van der Waals surface area (Å²) in [6.45, 7) is 2.20. The normalized spacial score (nSPS) is 17.8. The number of aliphatic imine (C=N–C) groups is 1. The van der Waals surface area contributed by atoms with Crippen LogP contribution in [0.4, 0.5) is 14.5 Å². The summed E-state index contributed by atoms with van der Waals surface area (Å²) >= 11 is 1.75. The Morgan fingerprint density at radius 3 is 2.96 bits per heavy atom. The molecule has 2 aromatic rings. The fourth-order valence-electron chi connectivity index (χ4n) is 2.98. The van der Waals surface area contributed by atoms with Crippen molar-refractivity contribution < 1.29 is 8.78 Å². The molecule has 1 aromatic carbocycles. The van der Waals surface area contributed by atoms with E-state index < -0.39 is 11.6 Å². The summed E-state index contributed by atoms with van der Waals surface area (Å²) < 4.78 is 27.0. The second-order valence-corrected chi connectivity index (χ2v) is 7.03. The Hall–Kier alpha value is -2.15. The van der Waals surface area contributed by atoms with Crippen LogP contribution in [-0.2, 0) is 6.42 Å². The predicted molar refractivity (Wildman–Crippen MR) is 99.5 cm³/mol. The number of hydrogen-bond acceptors (Lipinski definition) is 3. The number of nitrogens with zero attached hydrogens (tertiary/aromatic N) is 2. The Morgan fingerprint density at radius 2 is 2.24 bits per heavy atom. The minimum atomic E-state index is -0.550. The predicted octanol–water partition coefficient (Wildman–Crippen LogP) is 3.01. The molecule has 1 atom stereocenters. The zero-order valence-electron chi connectivity index (χ0n) is 14.1. The molecule has 3 rings (SSSR count). The van der Waals surface area contributed by atoms with Gasteiger partial charge in [-0.05, 0) is 36.4 Å². The van der Waals surface area contributed by atoms with Gasteiger partial charge in [0.05, 0.1) is 5.69 Å². The molecule has 25 heavy (non-hydrogen) atoms. The van der Waals surface area contributed by atoms with Crippen molar-refractivity contribution in [1.82, 2.24) is 10.6 Å². The minimum Gasteiger partial charge on any atom is -0.367 e. The Balaban J connectivity index is 1.49. The van der Waals surface area contributed by atoms with Crippen molar-refractivity contribution >= 4 is 23.0 Å². The lowest BCUT2D eigenvalue weighted by atomic mass is 10.2. The molecule has 1 fully saturated rings. The van der Waals surface area contributed by atoms with Crippen LogP contribution < -0.4 is 15.5 Å². The lowest BCUT2D eigenvalue weighted by Gasteiger charge is -2.21. The van der Waals surface area contributed by atoms with Crippen molar-refractivity contribution in [3.63, 3.8) is 0 Å². The molecule has 7 heteroatoms. The fraction of sp³-hybridized carbons (Fsp3) is 0.389. The molecule has 1 aliphatic rings. The average Bonchev–Trinajstić information content (AvgIpc) is 3.26. The van der Waals surface area contributed by atoms with Gasteiger partial charge in [0, 0.05) is 43.7 Å². The van der Waals surface area contributed by atoms with Crippen LogP contribution in [0.2, 0.25) is 0 Å². The first-order valence-electron chi connectivity index (χ1n) is 8.35. The van der Waals surface area contributed by atoms with E-state index in [-0.39, 0.29) is 6.04 Å². The molecule has 1 unspecified atom stereocenters. The van der Waals surface area contributed by atoms with Crippen LogP contribution in [0.1, 0.15) is 11.3 Å². The van der Waals surface area contributed by atoms with Crippen molar-refractivity contribution in [2.75, 3.05) is 31.6 Å². The van der Waals surface area contributed by atoms with E-state index in [0.29, 0.717) is 12.2 Å². The molecule has 0 amide bonds. The van der Waals surface area contributed by atoms with Gasteiger partial charge in [-0.3, -0.25) is 4.99 Å². The third-order valence-electron chi connectivity index (χ3n) is 4.25. The Morgan fingerprint density at radius 1 is 1.36 bits per heavy atom. The third-order valence-corrected chi connectivity index (χ3v) is 5.18. The summed E-state index contributed by atoms with van der Waals surface area (Å²) in [4.78, 5) is 7.52. The van der Waals surface area contributed by atoms with E-state index in [9.17, 15) is 8.78 Å². The van der Waals surface area contributed by atoms with Gasteiger partial charge in [0.1, 0.15) is 11.6 Å². The van der Waals surface area contributed by atoms with E-state index in [2.05, 4.69) is 33.1 Å². The number of hydrogen-bond donors (Lipinski definition) is 2. The molecule has 1 aliphatic heterocycles. The molecule has 1 aromatic heterocycles. The van der Waals surface area contributed by atoms with Crippen LogP contribution in [0, 0.1) is 11.6 Å². The average molecular weight is 364 g/mol. The first kappa shape index (κ1) is 17.7. The number of thiophene rings is 1. The monoisotopic (exact) mass is 364 g/mol. The molecule has 0 saturated carbocycles. The van der Waals surface area contributed by atoms with Crippen LogP contribution in [-0.4, -0.2) is 38.7 Å². The summed E-state index contributed by atoms with van der Waals surface area (Å²) in [7, 11) is 1.74. The summed E-state index contributed by atoms with van der Waals surface area (Å²) in [6, 6.07) is 8.08. The van der Waals surface area contributed by atoms with Gasteiger partial charge in [-0.2, -0.15) is 0 Å². The molecule has 0 radical (unpaired) electrons. The Kier molecular flexibility index (Phi) is 5.86. The third kappa shape index (κ3) is 4.69. The van der Waals surface area contributed by atoms with Gasteiger partial charge in [-0.15, -0.1) is 11.3 Å². The largest absolute Gasteiger partial charge is 0.367 e. The molecule has 134 valence electrons. The van der Waals surface area contributed by atoms with E-state index in [4.69, 9.17) is 0 Å². The highest BCUT2D eigenvalue weighted by molar-refractivity contribution is 7.09. The van der Waals surface area contributed by atoms with E-state index in [1.807, 2.05) is 4.90 Å². The minimum absolute atomic E-state index is 0.178. The maximum Gasteiger partial charge on any atom is 0.191 e. The number of benzene rings is 1. The number of halogens is 2. The molecule has 2 N–H and O–H groups in total. The second-order valence-electron chi connectivity index (χ2n) is 6.00. The lowest BCUT2D eigenvalue weighted by Crippen LogP contribution is -2.45. The van der Waals surface area contributed by atoms with E-state index in [1.54, 1.807) is 18.4 Å². The van der Waals surface area contributed by atoms with Crippen molar-refractivity contribution in [1.29, 1.82) is 0 Å². The molecule has 2 heterocycles. The van der Waals surface area contributed by atoms with E-state index >= 15 is 0 Å². The summed E-state index contributed by atoms with van der Waals surface area (Å²) in [5.41, 5.74) is 0.450. The fourth-order valence-corrected chi connectivity index (χ4v) is 3.69. The van der Waals surface area contributed by atoms with Gasteiger partial charge < -0.3 is 15.5 Å². The first-order valence-corrected chi connectivity index (χ1v) is 9.23. The van der Waals surface area contributed by atoms with Crippen molar-refractivity contribution in [2.24, 2.45) is 4.99 Å². The quantitative estimate of drug-likeness (QED) is 0.633. The number of nitrogens with one attached hydrogen (secondary N) is 2. The highest BCUT2D eigenvalue weighted by Gasteiger charge is 2.25. The van der Waals surface area contributed by atoms with Crippen molar-refractivity contribution in [2.45, 2.75) is 18.9 Å². The van der Waals surface area contributed by atoms with Gasteiger partial charge in [-0.1, -0.05) is 6.07 Å². The van der Waals surface area contributed by atoms with Gasteiger partial charge in [0.15, 0.2) is 5.96 Å². The summed E-state index contributed by atoms with van der Waals surface area (Å²) in [5, 5.41) is 8.77. The van der Waals surface area contributed by atoms with Crippen LogP contribution in [0.25, 0.3) is 0 Å². The van der Waals surface area contributed by atoms with Crippen LogP contribution in [0.3, 0.4) is 0 Å². The molecular formula is C18H22F2N4S. The summed E-state index contributed by atoms with van der Waals surface area (Å²) in [5.74, 6) is -0.312. The Labute approximate surface area is 150 Å². The first-order chi connectivity index (χ1) is 12.2. The molecule has 0 spiro atoms. The topological polar surface area (TPSA) is 39.7 Å². The number of anilines is 1. The van der Waals surface area contributed by atoms with Crippen LogP contribution >= 0.6 is 11.3 Å².